The topological polar surface area (TPSA) is 0 Å². The van der Waals surface area contributed by atoms with Crippen molar-refractivity contribution in [2.24, 2.45) is 0 Å². The van der Waals surface area contributed by atoms with Crippen LogP contribution in [0, 0.1) is 0 Å². The molecular formula is C3H5BLi. The molecule has 0 amide bonds. The molecule has 1 aliphatic heterocycles. The predicted molar refractivity (Wildman–Crippen MR) is 27.0 cm³/mol. The molecule has 0 N–H and O–H groups in total. The maximum Gasteiger partial charge on any atom is 0 e. The Kier molecular flexibility index (Phi) is 3.05. The van der Waals surface area contributed by atoms with Gasteiger partial charge in [-0.1, -0.05) is 0 Å². The van der Waals surface area contributed by atoms with Gasteiger partial charge >= 0.3 is 25.6 Å². The smallest absolute Gasteiger partial charge is 0 e. The van der Waals surface area contributed by atoms with Gasteiger partial charge < -0.3 is 0 Å². The molecule has 0 spiro atoms. The number of rotatable bonds is 0. The minimum Gasteiger partial charge on any atom is 0 e. The fourth-order valence-corrected chi connectivity index (χ4v) is 0.167. The van der Waals surface area contributed by atoms with Crippen LogP contribution in [-0.4, -0.2) is 31.7 Å². The molecule has 0 aromatic carbocycles. The maximum absolute atomic E-state index is 2.18. The molecule has 1 aliphatic rings. The standard InChI is InChI=1S/C3H5B.Li/c1-2-4-3-1;/h2H,1,3H2;. The molecule has 0 atom stereocenters. The number of hydrogen-bond donors (Lipinski definition) is 0. The van der Waals surface area contributed by atoms with Crippen LogP contribution in [-0.2, 0) is 0 Å². The van der Waals surface area contributed by atoms with Gasteiger partial charge in [-0.3, -0.25) is 0 Å². The average Bonchev–Trinajstić information content (AvgIpc) is 0.722. The Bertz CT molecular complexity index is 36.2. The Labute approximate surface area is 45.0 Å². The first-order valence-corrected chi connectivity index (χ1v) is 1.65. The quantitative estimate of drug-likeness (QED) is 0.343. The zero-order chi connectivity index (χ0) is 2.83. The predicted octanol–water partition coefficient (Wildman–Crippen LogP) is -0.0660. The third-order valence-electron chi connectivity index (χ3n) is 0.667. The molecule has 0 aromatic rings. The van der Waals surface area contributed by atoms with Gasteiger partial charge in [0.25, 0.3) is 0 Å². The Morgan fingerprint density at radius 2 is 1.80 bits per heavy atom. The zero-order valence-electron chi connectivity index (χ0n) is 3.57. The van der Waals surface area contributed by atoms with E-state index < -0.39 is 0 Å². The van der Waals surface area contributed by atoms with E-state index in [4.69, 9.17) is 0 Å². The second kappa shape index (κ2) is 2.75. The molecule has 5 heavy (non-hydrogen) atoms. The Morgan fingerprint density at radius 1 is 1.60 bits per heavy atom. The third-order valence-corrected chi connectivity index (χ3v) is 0.667. The summed E-state index contributed by atoms with van der Waals surface area (Å²) in [6.45, 7) is 2.18. The second-order valence-electron chi connectivity index (χ2n) is 1.05. The second-order valence-corrected chi connectivity index (χ2v) is 1.05. The van der Waals surface area contributed by atoms with E-state index in [2.05, 4.69) is 12.9 Å². The van der Waals surface area contributed by atoms with Gasteiger partial charge in [-0.25, -0.2) is 0 Å². The van der Waals surface area contributed by atoms with Gasteiger partial charge in [0, 0.05) is 18.9 Å². The van der Waals surface area contributed by atoms with Gasteiger partial charge in [-0.2, -0.15) is 0 Å². The molecule has 0 saturated heterocycles. The van der Waals surface area contributed by atoms with Gasteiger partial charge in [0.05, 0.1) is 0 Å². The summed E-state index contributed by atoms with van der Waals surface area (Å²) in [6, 6.07) is 0. The van der Waals surface area contributed by atoms with Crippen LogP contribution >= 0.6 is 0 Å². The first-order chi connectivity index (χ1) is 2.00. The Hall–Kier alpha value is 0.532. The molecule has 0 fully saturated rings. The van der Waals surface area contributed by atoms with E-state index in [1.165, 1.54) is 12.7 Å². The van der Waals surface area contributed by atoms with Gasteiger partial charge in [0.1, 0.15) is 0 Å². The molecule has 21 valence electrons. The summed E-state index contributed by atoms with van der Waals surface area (Å²) in [5.74, 6) is 2.18. The molecule has 1 radical (unpaired) electrons. The largest absolute Gasteiger partial charge is 0 e. The third kappa shape index (κ3) is 1.41. The molecule has 0 aliphatic carbocycles. The zero-order valence-corrected chi connectivity index (χ0v) is 3.57. The average molecular weight is 58.8 g/mol. The van der Waals surface area contributed by atoms with Crippen molar-refractivity contribution in [2.45, 2.75) is 12.7 Å². The van der Waals surface area contributed by atoms with Gasteiger partial charge in [-0.15, -0.1) is 0 Å². The molecule has 1 rings (SSSR count). The van der Waals surface area contributed by atoms with Crippen LogP contribution in [0.2, 0.25) is 6.32 Å². The van der Waals surface area contributed by atoms with E-state index in [1.807, 2.05) is 0 Å². The van der Waals surface area contributed by atoms with Crippen molar-refractivity contribution in [3.8, 4) is 0 Å². The fraction of sp³-hybridized carbons (Fsp3) is 0.667. The van der Waals surface area contributed by atoms with E-state index in [9.17, 15) is 0 Å². The first kappa shape index (κ1) is 5.53. The van der Waals surface area contributed by atoms with Crippen molar-refractivity contribution in [2.75, 3.05) is 0 Å². The van der Waals surface area contributed by atoms with E-state index in [0.717, 1.165) is 0 Å². The van der Waals surface area contributed by atoms with E-state index in [-0.39, 0.29) is 18.9 Å². The molecular weight excluding hydrogens is 53.8 g/mol. The van der Waals surface area contributed by atoms with Crippen molar-refractivity contribution >= 4 is 31.7 Å². The molecule has 0 aromatic heterocycles. The van der Waals surface area contributed by atoms with Crippen molar-refractivity contribution in [3.63, 3.8) is 0 Å². The summed E-state index contributed by atoms with van der Waals surface area (Å²) < 4.78 is 0. The first-order valence-electron chi connectivity index (χ1n) is 1.65. The minimum absolute atomic E-state index is 0. The summed E-state index contributed by atoms with van der Waals surface area (Å²) in [4.78, 5) is 0. The SMILES string of the molecule is B1=CCC1.[Li]. The van der Waals surface area contributed by atoms with Gasteiger partial charge in [0.2, 0.25) is 0 Å². The molecule has 0 nitrogen and oxygen atoms in total. The Balaban J connectivity index is 0.000000160. The molecule has 0 bridgehead atoms. The van der Waals surface area contributed by atoms with Crippen LogP contribution in [0.1, 0.15) is 6.42 Å². The van der Waals surface area contributed by atoms with E-state index in [0.29, 0.717) is 0 Å². The normalized spacial score (nSPS) is 14.4. The van der Waals surface area contributed by atoms with Crippen LogP contribution in [0.25, 0.3) is 0 Å². The summed E-state index contributed by atoms with van der Waals surface area (Å²) >= 11 is 0. The maximum atomic E-state index is 2.18. The molecule has 0 saturated carbocycles. The summed E-state index contributed by atoms with van der Waals surface area (Å²) in [5.41, 5.74) is 0. The van der Waals surface area contributed by atoms with Crippen LogP contribution in [0.15, 0.2) is 0 Å². The summed E-state index contributed by atoms with van der Waals surface area (Å²) in [6.07, 6.45) is 2.64. The fourth-order valence-electron chi connectivity index (χ4n) is 0.167. The van der Waals surface area contributed by atoms with Crippen molar-refractivity contribution in [1.82, 2.24) is 0 Å². The number of hydrogen-bond acceptors (Lipinski definition) is 0. The molecule has 1 heterocycles. The molecule has 0 unspecified atom stereocenters. The Morgan fingerprint density at radius 3 is 1.80 bits per heavy atom. The van der Waals surface area contributed by atoms with Crippen molar-refractivity contribution in [1.29, 1.82) is 0 Å². The summed E-state index contributed by atoms with van der Waals surface area (Å²) in [7, 11) is 0. The van der Waals surface area contributed by atoms with E-state index in [1.54, 1.807) is 0 Å². The van der Waals surface area contributed by atoms with Crippen molar-refractivity contribution < 1.29 is 0 Å². The van der Waals surface area contributed by atoms with Crippen molar-refractivity contribution in [3.05, 3.63) is 0 Å². The van der Waals surface area contributed by atoms with Crippen LogP contribution in [0.5, 0.6) is 0 Å². The minimum atomic E-state index is 0. The summed E-state index contributed by atoms with van der Waals surface area (Å²) in [5, 5.41) is 0. The van der Waals surface area contributed by atoms with Gasteiger partial charge in [0.15, 0.2) is 0 Å². The van der Waals surface area contributed by atoms with Gasteiger partial charge in [-0.05, 0) is 0 Å². The molecule has 2 heteroatoms. The van der Waals surface area contributed by atoms with Crippen LogP contribution in [0.4, 0.5) is 0 Å². The van der Waals surface area contributed by atoms with Crippen LogP contribution < -0.4 is 0 Å². The van der Waals surface area contributed by atoms with E-state index >= 15 is 0 Å². The monoisotopic (exact) mass is 59.1 g/mol. The van der Waals surface area contributed by atoms with Crippen LogP contribution in [0.3, 0.4) is 0 Å².